The summed E-state index contributed by atoms with van der Waals surface area (Å²) in [4.78, 5) is 19.1. The van der Waals surface area contributed by atoms with E-state index in [0.29, 0.717) is 6.54 Å². The van der Waals surface area contributed by atoms with Crippen LogP contribution in [0.4, 0.5) is 0 Å². The van der Waals surface area contributed by atoms with E-state index >= 15 is 0 Å². The lowest BCUT2D eigenvalue weighted by Crippen LogP contribution is -2.50. The van der Waals surface area contributed by atoms with Crippen molar-refractivity contribution in [1.82, 2.24) is 25.1 Å². The molecule has 0 radical (unpaired) electrons. The van der Waals surface area contributed by atoms with E-state index in [1.807, 2.05) is 24.0 Å². The van der Waals surface area contributed by atoms with E-state index in [2.05, 4.69) is 20.5 Å². The minimum Gasteiger partial charge on any atom is -0.355 e. The number of hydrogen-bond donors (Lipinski definition) is 2. The van der Waals surface area contributed by atoms with Gasteiger partial charge in [-0.15, -0.1) is 12.4 Å². The molecule has 1 aromatic heterocycles. The molecule has 25 heavy (non-hydrogen) atoms. The highest BCUT2D eigenvalue weighted by molar-refractivity contribution is 5.85. The van der Waals surface area contributed by atoms with Crippen LogP contribution in [0.1, 0.15) is 50.4 Å². The number of nitrogens with one attached hydrogen (secondary N) is 2. The smallest absolute Gasteiger partial charge is 0.234 e. The molecule has 1 aliphatic carbocycles. The molecule has 1 aromatic rings. The lowest BCUT2D eigenvalue weighted by Gasteiger charge is -2.35. The van der Waals surface area contributed by atoms with Gasteiger partial charge in [0.25, 0.3) is 0 Å². The van der Waals surface area contributed by atoms with Crippen LogP contribution in [0, 0.1) is 5.92 Å². The monoisotopic (exact) mass is 369 g/mol. The van der Waals surface area contributed by atoms with Crippen LogP contribution in [0.25, 0.3) is 0 Å². The maximum atomic E-state index is 12.4. The van der Waals surface area contributed by atoms with E-state index in [0.717, 1.165) is 44.3 Å². The molecule has 7 heteroatoms. The number of piperazine rings is 1. The summed E-state index contributed by atoms with van der Waals surface area (Å²) in [5.74, 6) is 1.99. The highest BCUT2D eigenvalue weighted by Gasteiger charge is 2.28. The topological polar surface area (TPSA) is 62.2 Å². The number of rotatable bonds is 6. The average molecular weight is 370 g/mol. The largest absolute Gasteiger partial charge is 0.355 e. The van der Waals surface area contributed by atoms with Gasteiger partial charge in [0.1, 0.15) is 5.82 Å². The van der Waals surface area contributed by atoms with Crippen LogP contribution in [0.3, 0.4) is 0 Å². The van der Waals surface area contributed by atoms with Gasteiger partial charge < -0.3 is 15.2 Å². The van der Waals surface area contributed by atoms with Gasteiger partial charge in [-0.2, -0.15) is 0 Å². The molecule has 0 spiro atoms. The third kappa shape index (κ3) is 5.69. The van der Waals surface area contributed by atoms with Crippen molar-refractivity contribution in [2.24, 2.45) is 13.0 Å². The van der Waals surface area contributed by atoms with Crippen molar-refractivity contribution in [2.75, 3.05) is 32.7 Å². The average Bonchev–Trinajstić information content (AvgIpc) is 3.02. The van der Waals surface area contributed by atoms with Crippen LogP contribution < -0.4 is 10.6 Å². The Balaban J connectivity index is 0.00000225. The zero-order chi connectivity index (χ0) is 16.8. The first-order valence-corrected chi connectivity index (χ1v) is 9.42. The van der Waals surface area contributed by atoms with Crippen LogP contribution in [0.15, 0.2) is 12.4 Å². The predicted octanol–water partition coefficient (Wildman–Crippen LogP) is 1.87. The minimum atomic E-state index is 0. The molecule has 2 N–H and O–H groups in total. The van der Waals surface area contributed by atoms with E-state index in [9.17, 15) is 4.79 Å². The first-order valence-electron chi connectivity index (χ1n) is 9.42. The summed E-state index contributed by atoms with van der Waals surface area (Å²) in [5, 5.41) is 6.54. The predicted molar refractivity (Wildman–Crippen MR) is 102 cm³/mol. The Morgan fingerprint density at radius 3 is 2.88 bits per heavy atom. The maximum absolute atomic E-state index is 12.4. The zero-order valence-electron chi connectivity index (χ0n) is 15.2. The van der Waals surface area contributed by atoms with Gasteiger partial charge in [0.2, 0.25) is 5.91 Å². The molecule has 2 fully saturated rings. The van der Waals surface area contributed by atoms with Crippen molar-refractivity contribution < 1.29 is 4.79 Å². The number of imidazole rings is 1. The van der Waals surface area contributed by atoms with Gasteiger partial charge in [-0.05, 0) is 12.3 Å². The Bertz CT molecular complexity index is 529. The minimum absolute atomic E-state index is 0. The fourth-order valence-corrected chi connectivity index (χ4v) is 4.02. The first-order chi connectivity index (χ1) is 11.7. The van der Waals surface area contributed by atoms with Crippen molar-refractivity contribution >= 4 is 18.3 Å². The van der Waals surface area contributed by atoms with Crippen molar-refractivity contribution in [3.63, 3.8) is 0 Å². The molecule has 0 aromatic carbocycles. The quantitative estimate of drug-likeness (QED) is 0.803. The van der Waals surface area contributed by atoms with Gasteiger partial charge >= 0.3 is 0 Å². The van der Waals surface area contributed by atoms with E-state index in [1.165, 1.54) is 32.1 Å². The molecule has 1 unspecified atom stereocenters. The highest BCUT2D eigenvalue weighted by Crippen LogP contribution is 2.25. The Hall–Kier alpha value is -1.11. The molecule has 1 aliphatic heterocycles. The Morgan fingerprint density at radius 1 is 1.36 bits per heavy atom. The standard InChI is InChI=1S/C18H31N5O.ClH/c1-22-11-10-21-18(22)16-13-19-9-12-23(16)14-17(24)20-8-7-15-5-3-2-4-6-15;/h10-11,15-16,19H,2-9,12-14H2,1H3,(H,20,24);1H. The van der Waals surface area contributed by atoms with Gasteiger partial charge in [-0.3, -0.25) is 9.69 Å². The van der Waals surface area contributed by atoms with Crippen LogP contribution >= 0.6 is 12.4 Å². The summed E-state index contributed by atoms with van der Waals surface area (Å²) in [6.45, 7) is 3.94. The number of amides is 1. The van der Waals surface area contributed by atoms with Crippen LogP contribution in [-0.4, -0.2) is 53.1 Å². The van der Waals surface area contributed by atoms with Crippen LogP contribution in [0.2, 0.25) is 0 Å². The van der Waals surface area contributed by atoms with Gasteiger partial charge in [0.15, 0.2) is 0 Å². The summed E-state index contributed by atoms with van der Waals surface area (Å²) >= 11 is 0. The normalized spacial score (nSPS) is 22.4. The van der Waals surface area contributed by atoms with E-state index in [-0.39, 0.29) is 24.4 Å². The summed E-state index contributed by atoms with van der Waals surface area (Å²) in [5.41, 5.74) is 0. The Morgan fingerprint density at radius 2 is 2.16 bits per heavy atom. The van der Waals surface area contributed by atoms with Crippen molar-refractivity contribution in [3.05, 3.63) is 18.2 Å². The Kier molecular flexibility index (Phi) is 8.19. The van der Waals surface area contributed by atoms with Gasteiger partial charge in [-0.1, -0.05) is 32.1 Å². The first kappa shape index (κ1) is 20.2. The molecule has 2 aliphatic rings. The second-order valence-electron chi connectivity index (χ2n) is 7.23. The second kappa shape index (κ2) is 10.1. The third-order valence-electron chi connectivity index (χ3n) is 5.46. The summed E-state index contributed by atoms with van der Waals surface area (Å²) in [6.07, 6.45) is 11.7. The SMILES string of the molecule is Cl.Cn1ccnc1C1CNCCN1CC(=O)NCCC1CCCCC1. The number of aromatic nitrogens is 2. The number of carbonyl (C=O) groups is 1. The molecular formula is C18H32ClN5O. The van der Waals surface area contributed by atoms with Gasteiger partial charge in [0.05, 0.1) is 12.6 Å². The van der Waals surface area contributed by atoms with Crippen LogP contribution in [-0.2, 0) is 11.8 Å². The number of carbonyl (C=O) groups excluding carboxylic acids is 1. The molecule has 1 saturated carbocycles. The van der Waals surface area contributed by atoms with Gasteiger partial charge in [-0.25, -0.2) is 4.98 Å². The number of aryl methyl sites for hydroxylation is 1. The number of nitrogens with zero attached hydrogens (tertiary/aromatic N) is 3. The van der Waals surface area contributed by atoms with Crippen molar-refractivity contribution in [2.45, 2.75) is 44.6 Å². The van der Waals surface area contributed by atoms with Crippen molar-refractivity contribution in [3.8, 4) is 0 Å². The highest BCUT2D eigenvalue weighted by atomic mass is 35.5. The molecule has 1 saturated heterocycles. The molecule has 6 nitrogen and oxygen atoms in total. The molecule has 2 heterocycles. The van der Waals surface area contributed by atoms with E-state index < -0.39 is 0 Å². The summed E-state index contributed by atoms with van der Waals surface area (Å²) < 4.78 is 2.05. The van der Waals surface area contributed by atoms with E-state index in [1.54, 1.807) is 0 Å². The Labute approximate surface area is 157 Å². The fourth-order valence-electron chi connectivity index (χ4n) is 4.02. The summed E-state index contributed by atoms with van der Waals surface area (Å²) in [7, 11) is 2.01. The molecule has 142 valence electrons. The second-order valence-corrected chi connectivity index (χ2v) is 7.23. The molecular weight excluding hydrogens is 338 g/mol. The molecule has 1 atom stereocenters. The van der Waals surface area contributed by atoms with Gasteiger partial charge in [0, 0.05) is 45.6 Å². The molecule has 3 rings (SSSR count). The number of halogens is 1. The van der Waals surface area contributed by atoms with E-state index in [4.69, 9.17) is 0 Å². The van der Waals surface area contributed by atoms with Crippen molar-refractivity contribution in [1.29, 1.82) is 0 Å². The lowest BCUT2D eigenvalue weighted by molar-refractivity contribution is -0.123. The summed E-state index contributed by atoms with van der Waals surface area (Å²) in [6, 6.07) is 0.169. The number of hydrogen-bond acceptors (Lipinski definition) is 4. The molecule has 1 amide bonds. The zero-order valence-corrected chi connectivity index (χ0v) is 16.1. The lowest BCUT2D eigenvalue weighted by atomic mass is 9.87. The fraction of sp³-hybridized carbons (Fsp3) is 0.778. The molecule has 0 bridgehead atoms. The third-order valence-corrected chi connectivity index (χ3v) is 5.46. The maximum Gasteiger partial charge on any atom is 0.234 e. The van der Waals surface area contributed by atoms with Crippen LogP contribution in [0.5, 0.6) is 0 Å².